The van der Waals surface area contributed by atoms with E-state index in [9.17, 15) is 0 Å². The van der Waals surface area contributed by atoms with E-state index < -0.39 is 8.07 Å². The third-order valence-electron chi connectivity index (χ3n) is 15.3. The van der Waals surface area contributed by atoms with Gasteiger partial charge in [-0.2, -0.15) is 0 Å². The molecule has 0 N–H and O–H groups in total. The Hall–Kier alpha value is -8.32. The van der Waals surface area contributed by atoms with Crippen molar-refractivity contribution in [3.05, 3.63) is 218 Å². The lowest BCUT2D eigenvalue weighted by molar-refractivity contribution is 0.729. The summed E-state index contributed by atoms with van der Waals surface area (Å²) >= 11 is 0. The van der Waals surface area contributed by atoms with Gasteiger partial charge in [0.15, 0.2) is 5.82 Å². The highest BCUT2D eigenvalue weighted by Crippen LogP contribution is 2.41. The third-order valence-corrected chi connectivity index (χ3v) is 20.8. The number of hydrogen-bond acceptors (Lipinski definition) is 2. The second kappa shape index (κ2) is 15.9. The summed E-state index contributed by atoms with van der Waals surface area (Å²) < 4.78 is 7.24. The van der Waals surface area contributed by atoms with Crippen molar-refractivity contribution in [2.24, 2.45) is 0 Å². The average molecular weight is 918 g/mol. The zero-order valence-electron chi connectivity index (χ0n) is 40.0. The number of benzene rings is 9. The molecular weight excluding hydrogens is 867 g/mol. The van der Waals surface area contributed by atoms with Crippen LogP contribution in [-0.4, -0.2) is 31.7 Å². The normalized spacial score (nSPS) is 12.4. The van der Waals surface area contributed by atoms with Gasteiger partial charge < -0.3 is 13.7 Å². The first-order valence-electron chi connectivity index (χ1n) is 24.3. The van der Waals surface area contributed by atoms with E-state index in [2.05, 4.69) is 260 Å². The summed E-state index contributed by atoms with van der Waals surface area (Å²) in [4.78, 5) is 10.8. The maximum Gasteiger partial charge on any atom is 0.160 e. The second-order valence-electron chi connectivity index (χ2n) is 20.3. The van der Waals surface area contributed by atoms with Crippen LogP contribution in [0.15, 0.2) is 218 Å². The fourth-order valence-electron chi connectivity index (χ4n) is 10.7. The molecule has 4 aromatic heterocycles. The van der Waals surface area contributed by atoms with E-state index in [1.807, 2.05) is 6.07 Å². The first-order chi connectivity index (χ1) is 34.1. The van der Waals surface area contributed by atoms with E-state index in [1.165, 1.54) is 48.5 Å². The van der Waals surface area contributed by atoms with Crippen molar-refractivity contribution in [2.75, 3.05) is 0 Å². The van der Waals surface area contributed by atoms with Gasteiger partial charge in [0.1, 0.15) is 0 Å². The number of rotatable bonds is 7. The Morgan fingerprint density at radius 2 is 0.729 bits per heavy atom. The molecule has 0 saturated carbocycles. The molecule has 4 heterocycles. The van der Waals surface area contributed by atoms with Crippen LogP contribution in [0.4, 0.5) is 0 Å². The minimum Gasteiger partial charge on any atom is -0.309 e. The van der Waals surface area contributed by atoms with Crippen LogP contribution in [0.5, 0.6) is 0 Å². The summed E-state index contributed by atoms with van der Waals surface area (Å²) in [6.07, 6.45) is 0. The summed E-state index contributed by atoms with van der Waals surface area (Å²) in [5.74, 6) is 0.679. The Labute approximate surface area is 408 Å². The van der Waals surface area contributed by atoms with Crippen LogP contribution < -0.4 is 5.19 Å². The van der Waals surface area contributed by atoms with Crippen molar-refractivity contribution in [1.29, 1.82) is 0 Å². The highest BCUT2D eigenvalue weighted by Gasteiger charge is 2.37. The molecule has 13 aromatic rings. The Kier molecular flexibility index (Phi) is 9.49. The minimum atomic E-state index is -1.76. The number of fused-ring (bicyclic) bond motifs is 9. The van der Waals surface area contributed by atoms with E-state index in [0.717, 1.165) is 67.2 Å². The summed E-state index contributed by atoms with van der Waals surface area (Å²) in [5, 5.41) is 9.19. The van der Waals surface area contributed by atoms with Gasteiger partial charge in [0, 0.05) is 66.1 Å². The van der Waals surface area contributed by atoms with Crippen LogP contribution in [0, 0.1) is 0 Å². The smallest absolute Gasteiger partial charge is 0.160 e. The van der Waals surface area contributed by atoms with E-state index in [-0.39, 0.29) is 5.04 Å². The lowest BCUT2D eigenvalue weighted by Gasteiger charge is -2.37. The zero-order chi connectivity index (χ0) is 47.3. The molecule has 5 nitrogen and oxygen atoms in total. The highest BCUT2D eigenvalue weighted by molar-refractivity contribution is 6.92. The predicted molar refractivity (Wildman–Crippen MR) is 298 cm³/mol. The molecule has 0 amide bonds. The molecule has 0 aliphatic heterocycles. The van der Waals surface area contributed by atoms with Crippen LogP contribution in [-0.2, 0) is 0 Å². The maximum absolute atomic E-state index is 5.43. The van der Waals surface area contributed by atoms with Crippen molar-refractivity contribution in [3.8, 4) is 51.0 Å². The van der Waals surface area contributed by atoms with Crippen LogP contribution in [0.3, 0.4) is 0 Å². The van der Waals surface area contributed by atoms with E-state index in [0.29, 0.717) is 5.82 Å². The van der Waals surface area contributed by atoms with E-state index >= 15 is 0 Å². The molecule has 13 rings (SSSR count). The van der Waals surface area contributed by atoms with Crippen molar-refractivity contribution in [1.82, 2.24) is 23.7 Å². The third kappa shape index (κ3) is 6.58. The Bertz CT molecular complexity index is 3950. The molecule has 0 atom stereocenters. The van der Waals surface area contributed by atoms with Crippen LogP contribution in [0.25, 0.3) is 116 Å². The van der Waals surface area contributed by atoms with Gasteiger partial charge in [-0.25, -0.2) is 9.97 Å². The molecule has 336 valence electrons. The number of aromatic nitrogens is 5. The Balaban J connectivity index is 1.01. The van der Waals surface area contributed by atoms with Crippen LogP contribution in [0.2, 0.25) is 18.1 Å². The van der Waals surface area contributed by atoms with Gasteiger partial charge in [-0.15, -0.1) is 0 Å². The standard InChI is InChI=1S/C64H51N5Si/c1-64(2,3)70(4,5)48-35-36-62-54(40-48)53-25-13-18-30-61(53)67(62)45-33-31-42(32-34-45)55-41-56(66-63(65-55)43-19-7-6-8-20-43)44-37-46(68-57-26-14-9-21-49(57)50-22-10-15-27-58(50)68)39-47(38-44)69-59-28-16-11-23-51(59)52-24-12-17-29-60(52)69/h6-41H,1-5H3. The van der Waals surface area contributed by atoms with E-state index in [1.54, 1.807) is 0 Å². The largest absolute Gasteiger partial charge is 0.309 e. The molecular formula is C64H51N5Si. The summed E-state index contributed by atoms with van der Waals surface area (Å²) in [5.41, 5.74) is 14.9. The van der Waals surface area contributed by atoms with Gasteiger partial charge in [0.25, 0.3) is 0 Å². The molecule has 0 unspecified atom stereocenters. The van der Waals surface area contributed by atoms with Crippen molar-refractivity contribution >= 4 is 78.7 Å². The van der Waals surface area contributed by atoms with Gasteiger partial charge in [0.05, 0.1) is 52.6 Å². The summed E-state index contributed by atoms with van der Waals surface area (Å²) in [6.45, 7) is 12.2. The average Bonchev–Trinajstić information content (AvgIpc) is 4.04. The molecule has 0 bridgehead atoms. The Morgan fingerprint density at radius 1 is 0.329 bits per heavy atom. The summed E-state index contributed by atoms with van der Waals surface area (Å²) in [6, 6.07) is 79.4. The molecule has 0 saturated heterocycles. The molecule has 0 spiro atoms. The van der Waals surface area contributed by atoms with Gasteiger partial charge in [-0.3, -0.25) is 0 Å². The topological polar surface area (TPSA) is 40.6 Å². The molecule has 0 aliphatic carbocycles. The first-order valence-corrected chi connectivity index (χ1v) is 27.3. The van der Waals surface area contributed by atoms with Gasteiger partial charge >= 0.3 is 0 Å². The number of para-hydroxylation sites is 5. The van der Waals surface area contributed by atoms with Gasteiger partial charge in [0.2, 0.25) is 0 Å². The molecule has 70 heavy (non-hydrogen) atoms. The fraction of sp³-hybridized carbons (Fsp3) is 0.0938. The zero-order valence-corrected chi connectivity index (χ0v) is 41.0. The monoisotopic (exact) mass is 917 g/mol. The van der Waals surface area contributed by atoms with Gasteiger partial charge in [-0.1, -0.05) is 185 Å². The number of hydrogen-bond donors (Lipinski definition) is 0. The van der Waals surface area contributed by atoms with Crippen molar-refractivity contribution in [3.63, 3.8) is 0 Å². The Morgan fingerprint density at radius 3 is 1.20 bits per heavy atom. The van der Waals surface area contributed by atoms with E-state index in [4.69, 9.17) is 9.97 Å². The second-order valence-corrected chi connectivity index (χ2v) is 25.6. The molecule has 0 fully saturated rings. The quantitative estimate of drug-likeness (QED) is 0.149. The highest BCUT2D eigenvalue weighted by atomic mass is 28.3. The number of nitrogens with zero attached hydrogens (tertiary/aromatic N) is 5. The van der Waals surface area contributed by atoms with Gasteiger partial charge in [-0.05, 0) is 77.8 Å². The maximum atomic E-state index is 5.43. The van der Waals surface area contributed by atoms with Crippen molar-refractivity contribution < 1.29 is 0 Å². The molecule has 6 heteroatoms. The lowest BCUT2D eigenvalue weighted by atomic mass is 10.0. The summed E-state index contributed by atoms with van der Waals surface area (Å²) in [7, 11) is -1.76. The minimum absolute atomic E-state index is 0.236. The predicted octanol–water partition coefficient (Wildman–Crippen LogP) is 16.5. The molecule has 9 aromatic carbocycles. The molecule has 0 aliphatic rings. The van der Waals surface area contributed by atoms with Crippen molar-refractivity contribution in [2.45, 2.75) is 38.9 Å². The van der Waals surface area contributed by atoms with Crippen LogP contribution >= 0.6 is 0 Å². The SMILES string of the molecule is CC(C)(C)[Si](C)(C)c1ccc2c(c1)c1ccccc1n2-c1ccc(-c2cc(-c3cc(-n4c5ccccc5c5ccccc54)cc(-n4c5ccccc5c5ccccc54)c3)nc(-c3ccccc3)n2)cc1. The molecule has 0 radical (unpaired) electrons. The lowest BCUT2D eigenvalue weighted by Crippen LogP contribution is -2.49. The van der Waals surface area contributed by atoms with Crippen LogP contribution in [0.1, 0.15) is 20.8 Å². The fourth-order valence-corrected chi connectivity index (χ4v) is 12.6. The first kappa shape index (κ1) is 41.8.